The number of pyridine rings is 1. The topological polar surface area (TPSA) is 118 Å². The first-order chi connectivity index (χ1) is 11.0. The van der Waals surface area contributed by atoms with Gasteiger partial charge in [0.2, 0.25) is 0 Å². The largest absolute Gasteiger partial charge is 0.506 e. The Kier molecular flexibility index (Phi) is 3.95. The summed E-state index contributed by atoms with van der Waals surface area (Å²) in [7, 11) is 0. The molecule has 2 aromatic heterocycles. The number of aromatic nitrogens is 1. The Labute approximate surface area is 133 Å². The SMILES string of the molecule is O=C(O)CNC(=O)c1c(O)c2ccsc2n(OCC2CC2)c1=O. The summed E-state index contributed by atoms with van der Waals surface area (Å²) in [6.07, 6.45) is 2.07. The number of nitrogens with one attached hydrogen (secondary N) is 1. The van der Waals surface area contributed by atoms with Crippen molar-refractivity contribution in [2.75, 3.05) is 13.2 Å². The molecule has 0 radical (unpaired) electrons. The fourth-order valence-electron chi connectivity index (χ4n) is 2.10. The maximum absolute atomic E-state index is 12.5. The molecule has 2 heterocycles. The minimum absolute atomic E-state index is 0.311. The van der Waals surface area contributed by atoms with Gasteiger partial charge in [-0.05, 0) is 30.2 Å². The van der Waals surface area contributed by atoms with Gasteiger partial charge in [0.15, 0.2) is 5.56 Å². The number of carboxylic acid groups (broad SMARTS) is 1. The van der Waals surface area contributed by atoms with Crippen LogP contribution >= 0.6 is 11.3 Å². The first-order valence-corrected chi connectivity index (χ1v) is 7.85. The smallest absolute Gasteiger partial charge is 0.322 e. The average molecular weight is 338 g/mol. The molecular formula is C14H14N2O6S. The summed E-state index contributed by atoms with van der Waals surface area (Å²) in [4.78, 5) is 41.0. The van der Waals surface area contributed by atoms with Gasteiger partial charge in [0, 0.05) is 0 Å². The van der Waals surface area contributed by atoms with Gasteiger partial charge in [-0.25, -0.2) is 0 Å². The number of aliphatic carboxylic acids is 1. The predicted octanol–water partition coefficient (Wildman–Crippen LogP) is 0.422. The van der Waals surface area contributed by atoms with E-state index in [-0.39, 0.29) is 0 Å². The molecule has 0 spiro atoms. The van der Waals surface area contributed by atoms with Crippen LogP contribution < -0.4 is 15.7 Å². The van der Waals surface area contributed by atoms with Crippen LogP contribution in [-0.4, -0.2) is 40.0 Å². The van der Waals surface area contributed by atoms with Gasteiger partial charge in [0.1, 0.15) is 23.7 Å². The molecule has 0 saturated heterocycles. The predicted molar refractivity (Wildman–Crippen MR) is 81.9 cm³/mol. The molecule has 122 valence electrons. The van der Waals surface area contributed by atoms with Crippen molar-refractivity contribution in [1.82, 2.24) is 10.0 Å². The van der Waals surface area contributed by atoms with E-state index in [1.807, 2.05) is 0 Å². The van der Waals surface area contributed by atoms with Gasteiger partial charge in [0.25, 0.3) is 5.91 Å². The standard InChI is InChI=1S/C14H14N2O6S/c17-9(18)5-15-12(20)10-11(19)8-3-4-23-14(8)16(13(10)21)22-6-7-1-2-7/h3-4,7,19H,1-2,5-6H2,(H,15,20)(H,17,18). The lowest BCUT2D eigenvalue weighted by Gasteiger charge is -2.12. The molecule has 23 heavy (non-hydrogen) atoms. The van der Waals surface area contributed by atoms with Crippen LogP contribution in [0.3, 0.4) is 0 Å². The van der Waals surface area contributed by atoms with Crippen LogP contribution in [0.1, 0.15) is 23.2 Å². The molecule has 0 bridgehead atoms. The molecule has 3 N–H and O–H groups in total. The van der Waals surface area contributed by atoms with Gasteiger partial charge in [-0.3, -0.25) is 14.4 Å². The number of hydrogen-bond acceptors (Lipinski definition) is 6. The number of carbonyl (C=O) groups excluding carboxylic acids is 1. The zero-order valence-corrected chi connectivity index (χ0v) is 12.8. The van der Waals surface area contributed by atoms with E-state index in [9.17, 15) is 19.5 Å². The maximum Gasteiger partial charge on any atom is 0.322 e. The Morgan fingerprint density at radius 3 is 2.83 bits per heavy atom. The summed E-state index contributed by atoms with van der Waals surface area (Å²) in [6, 6.07) is 1.57. The van der Waals surface area contributed by atoms with E-state index in [1.54, 1.807) is 11.4 Å². The fourth-order valence-corrected chi connectivity index (χ4v) is 2.96. The Hall–Kier alpha value is -2.55. The van der Waals surface area contributed by atoms with Gasteiger partial charge in [-0.2, -0.15) is 0 Å². The Morgan fingerprint density at radius 2 is 2.17 bits per heavy atom. The number of carbonyl (C=O) groups is 2. The first kappa shape index (κ1) is 15.3. The normalized spacial score (nSPS) is 13.9. The number of amides is 1. The Bertz CT molecular complexity index is 836. The van der Waals surface area contributed by atoms with E-state index < -0.39 is 35.3 Å². The maximum atomic E-state index is 12.5. The quantitative estimate of drug-likeness (QED) is 0.703. The molecular weight excluding hydrogens is 324 g/mol. The second-order valence-electron chi connectivity index (χ2n) is 5.28. The monoisotopic (exact) mass is 338 g/mol. The molecule has 3 rings (SSSR count). The van der Waals surface area contributed by atoms with E-state index in [0.29, 0.717) is 22.7 Å². The van der Waals surface area contributed by atoms with Crippen LogP contribution in [0, 0.1) is 5.92 Å². The zero-order chi connectivity index (χ0) is 16.6. The highest BCUT2D eigenvalue weighted by Gasteiger charge is 2.26. The molecule has 1 fully saturated rings. The number of hydrogen-bond donors (Lipinski definition) is 3. The average Bonchev–Trinajstić information content (AvgIpc) is 3.19. The van der Waals surface area contributed by atoms with Gasteiger partial charge in [0.05, 0.1) is 5.39 Å². The van der Waals surface area contributed by atoms with Crippen LogP contribution in [0.5, 0.6) is 5.75 Å². The molecule has 1 amide bonds. The van der Waals surface area contributed by atoms with Crippen molar-refractivity contribution in [3.05, 3.63) is 27.4 Å². The van der Waals surface area contributed by atoms with Crippen molar-refractivity contribution in [2.45, 2.75) is 12.8 Å². The van der Waals surface area contributed by atoms with E-state index in [2.05, 4.69) is 5.32 Å². The molecule has 2 aromatic rings. The third-order valence-corrected chi connectivity index (χ3v) is 4.36. The first-order valence-electron chi connectivity index (χ1n) is 6.97. The summed E-state index contributed by atoms with van der Waals surface area (Å²) in [5, 5.41) is 22.9. The molecule has 1 aliphatic rings. The van der Waals surface area contributed by atoms with Crippen molar-refractivity contribution in [2.24, 2.45) is 5.92 Å². The molecule has 0 aliphatic heterocycles. The molecule has 0 atom stereocenters. The molecule has 1 aliphatic carbocycles. The van der Waals surface area contributed by atoms with Crippen molar-refractivity contribution in [3.63, 3.8) is 0 Å². The number of aromatic hydroxyl groups is 1. The second kappa shape index (κ2) is 5.92. The highest BCUT2D eigenvalue weighted by molar-refractivity contribution is 7.16. The molecule has 9 heteroatoms. The Balaban J connectivity index is 2.03. The lowest BCUT2D eigenvalue weighted by atomic mass is 10.2. The number of fused-ring (bicyclic) bond motifs is 1. The summed E-state index contributed by atoms with van der Waals surface area (Å²) in [5.41, 5.74) is -1.33. The van der Waals surface area contributed by atoms with Crippen LogP contribution in [0.2, 0.25) is 0 Å². The second-order valence-corrected chi connectivity index (χ2v) is 6.17. The van der Waals surface area contributed by atoms with Crippen LogP contribution in [-0.2, 0) is 4.79 Å². The zero-order valence-electron chi connectivity index (χ0n) is 11.9. The van der Waals surface area contributed by atoms with Crippen LogP contribution in [0.25, 0.3) is 10.2 Å². The number of carboxylic acids is 1. The summed E-state index contributed by atoms with van der Waals surface area (Å²) in [5.74, 6) is -2.28. The molecule has 8 nitrogen and oxygen atoms in total. The number of nitrogens with zero attached hydrogens (tertiary/aromatic N) is 1. The van der Waals surface area contributed by atoms with Gasteiger partial charge in [-0.1, -0.05) is 0 Å². The summed E-state index contributed by atoms with van der Waals surface area (Å²) < 4.78 is 1.01. The molecule has 0 unspecified atom stereocenters. The van der Waals surface area contributed by atoms with Crippen molar-refractivity contribution in [3.8, 4) is 5.75 Å². The van der Waals surface area contributed by atoms with E-state index in [0.717, 1.165) is 17.6 Å². The number of thiophene rings is 1. The van der Waals surface area contributed by atoms with E-state index in [4.69, 9.17) is 9.94 Å². The third-order valence-electron chi connectivity index (χ3n) is 3.48. The van der Waals surface area contributed by atoms with Crippen LogP contribution in [0.4, 0.5) is 0 Å². The highest BCUT2D eigenvalue weighted by Crippen LogP contribution is 2.31. The summed E-state index contributed by atoms with van der Waals surface area (Å²) in [6.45, 7) is -0.295. The molecule has 1 saturated carbocycles. The minimum atomic E-state index is -1.25. The lowest BCUT2D eigenvalue weighted by Crippen LogP contribution is -2.37. The van der Waals surface area contributed by atoms with Crippen molar-refractivity contribution >= 4 is 33.4 Å². The van der Waals surface area contributed by atoms with E-state index >= 15 is 0 Å². The fraction of sp³-hybridized carbons (Fsp3) is 0.357. The number of rotatable bonds is 6. The lowest BCUT2D eigenvalue weighted by molar-refractivity contribution is -0.135. The minimum Gasteiger partial charge on any atom is -0.506 e. The third kappa shape index (κ3) is 3.00. The van der Waals surface area contributed by atoms with Gasteiger partial charge < -0.3 is 20.4 Å². The Morgan fingerprint density at radius 1 is 1.43 bits per heavy atom. The van der Waals surface area contributed by atoms with Crippen molar-refractivity contribution < 1.29 is 24.6 Å². The van der Waals surface area contributed by atoms with Gasteiger partial charge in [-0.15, -0.1) is 16.1 Å². The van der Waals surface area contributed by atoms with Crippen LogP contribution in [0.15, 0.2) is 16.2 Å². The van der Waals surface area contributed by atoms with Gasteiger partial charge >= 0.3 is 11.5 Å². The van der Waals surface area contributed by atoms with Crippen molar-refractivity contribution in [1.29, 1.82) is 0 Å². The highest BCUT2D eigenvalue weighted by atomic mass is 32.1. The van der Waals surface area contributed by atoms with E-state index in [1.165, 1.54) is 11.3 Å². The summed E-state index contributed by atoms with van der Waals surface area (Å²) >= 11 is 1.21. The molecule has 0 aromatic carbocycles.